The molecule has 2 heterocycles. The predicted octanol–water partition coefficient (Wildman–Crippen LogP) is 0.602. The van der Waals surface area contributed by atoms with Crippen LogP contribution in [-0.2, 0) is 9.59 Å². The summed E-state index contributed by atoms with van der Waals surface area (Å²) in [5.74, 6) is -0.475. The second-order valence-electron chi connectivity index (χ2n) is 6.07. The van der Waals surface area contributed by atoms with E-state index in [1.54, 1.807) is 6.08 Å². The van der Waals surface area contributed by atoms with E-state index < -0.39 is 0 Å². The number of allylic oxidation sites excluding steroid dienone is 4. The number of hydrogen-bond acceptors (Lipinski definition) is 5. The van der Waals surface area contributed by atoms with Crippen LogP contribution in [0.1, 0.15) is 19.8 Å². The third kappa shape index (κ3) is 4.96. The lowest BCUT2D eigenvalue weighted by Gasteiger charge is -2.34. The number of nitrogens with one attached hydrogen (secondary N) is 2. The van der Waals surface area contributed by atoms with E-state index >= 15 is 0 Å². The Balaban J connectivity index is 1.95. The molecule has 0 saturated carbocycles. The highest BCUT2D eigenvalue weighted by Crippen LogP contribution is 2.10. The van der Waals surface area contributed by atoms with E-state index in [2.05, 4.69) is 41.0 Å². The van der Waals surface area contributed by atoms with Gasteiger partial charge in [0.05, 0.1) is 0 Å². The fourth-order valence-electron chi connectivity index (χ4n) is 2.68. The van der Waals surface area contributed by atoms with Crippen molar-refractivity contribution in [1.82, 2.24) is 20.4 Å². The molecule has 2 rings (SSSR count). The Morgan fingerprint density at radius 2 is 1.96 bits per heavy atom. The van der Waals surface area contributed by atoms with Crippen LogP contribution in [0.5, 0.6) is 0 Å². The van der Waals surface area contributed by atoms with E-state index in [4.69, 9.17) is 0 Å². The van der Waals surface area contributed by atoms with Gasteiger partial charge < -0.3 is 15.1 Å². The van der Waals surface area contributed by atoms with Crippen molar-refractivity contribution in [1.29, 1.82) is 0 Å². The number of likely N-dealkylation sites (N-methyl/N-ethyl adjacent to an activating group) is 1. The topological polar surface area (TPSA) is 64.7 Å². The maximum absolute atomic E-state index is 11.8. The standard InChI is InChI=1S/C17H26N4O2/c1-4-14(18-15-7-8-16(22)19-17(15)23)6-5-13(2)21-11-9-20(3)10-12-21/h4-6,15,18H,1,7-12H2,2-3H3,(H,19,22,23)/b13-5+,14-6+. The molecule has 0 aliphatic carbocycles. The van der Waals surface area contributed by atoms with Crippen molar-refractivity contribution in [2.24, 2.45) is 0 Å². The molecule has 0 radical (unpaired) electrons. The number of rotatable bonds is 5. The molecule has 6 heteroatoms. The zero-order valence-electron chi connectivity index (χ0n) is 14.0. The molecule has 1 atom stereocenters. The molecule has 0 spiro atoms. The van der Waals surface area contributed by atoms with Crippen LogP contribution in [0.25, 0.3) is 0 Å². The molecule has 1 unspecified atom stereocenters. The summed E-state index contributed by atoms with van der Waals surface area (Å²) < 4.78 is 0. The van der Waals surface area contributed by atoms with Gasteiger partial charge in [-0.2, -0.15) is 0 Å². The first kappa shape index (κ1) is 17.3. The highest BCUT2D eigenvalue weighted by atomic mass is 16.2. The molecule has 2 aliphatic rings. The summed E-state index contributed by atoms with van der Waals surface area (Å²) in [6, 6.07) is -0.380. The molecule has 126 valence electrons. The first-order valence-corrected chi connectivity index (χ1v) is 8.04. The zero-order chi connectivity index (χ0) is 16.8. The summed E-state index contributed by atoms with van der Waals surface area (Å²) in [6.07, 6.45) is 6.55. The zero-order valence-corrected chi connectivity index (χ0v) is 14.0. The Morgan fingerprint density at radius 1 is 1.26 bits per heavy atom. The highest BCUT2D eigenvalue weighted by Gasteiger charge is 2.26. The third-order valence-corrected chi connectivity index (χ3v) is 4.31. The second-order valence-corrected chi connectivity index (χ2v) is 6.07. The molecular weight excluding hydrogens is 292 g/mol. The molecule has 2 fully saturated rings. The molecule has 23 heavy (non-hydrogen) atoms. The van der Waals surface area contributed by atoms with E-state index in [0.29, 0.717) is 12.8 Å². The van der Waals surface area contributed by atoms with E-state index in [-0.39, 0.29) is 17.9 Å². The minimum absolute atomic E-state index is 0.206. The lowest BCUT2D eigenvalue weighted by molar-refractivity contribution is -0.134. The summed E-state index contributed by atoms with van der Waals surface area (Å²) in [5.41, 5.74) is 1.98. The third-order valence-electron chi connectivity index (χ3n) is 4.31. The average molecular weight is 318 g/mol. The molecule has 0 aromatic rings. The number of piperidine rings is 1. The van der Waals surface area contributed by atoms with Crippen LogP contribution < -0.4 is 10.6 Å². The van der Waals surface area contributed by atoms with Gasteiger partial charge >= 0.3 is 0 Å². The summed E-state index contributed by atoms with van der Waals surface area (Å²) in [7, 11) is 2.13. The molecule has 2 amide bonds. The average Bonchev–Trinajstić information content (AvgIpc) is 2.53. The van der Waals surface area contributed by atoms with Gasteiger partial charge in [0.25, 0.3) is 0 Å². The summed E-state index contributed by atoms with van der Waals surface area (Å²) in [4.78, 5) is 27.6. The highest BCUT2D eigenvalue weighted by molar-refractivity contribution is 6.00. The van der Waals surface area contributed by atoms with Gasteiger partial charge in [0.2, 0.25) is 11.8 Å². The van der Waals surface area contributed by atoms with Crippen LogP contribution in [-0.4, -0.2) is 60.9 Å². The monoisotopic (exact) mass is 318 g/mol. The molecule has 6 nitrogen and oxygen atoms in total. The molecule has 2 saturated heterocycles. The lowest BCUT2D eigenvalue weighted by Crippen LogP contribution is -2.50. The Labute approximate surface area is 137 Å². The van der Waals surface area contributed by atoms with Gasteiger partial charge in [-0.15, -0.1) is 0 Å². The number of imide groups is 1. The summed E-state index contributed by atoms with van der Waals surface area (Å²) in [6.45, 7) is 10.1. The maximum atomic E-state index is 11.8. The lowest BCUT2D eigenvalue weighted by atomic mass is 10.1. The molecule has 0 aromatic heterocycles. The van der Waals surface area contributed by atoms with Gasteiger partial charge in [-0.3, -0.25) is 14.9 Å². The number of piperazine rings is 1. The van der Waals surface area contributed by atoms with Gasteiger partial charge in [0.15, 0.2) is 0 Å². The van der Waals surface area contributed by atoms with Crippen molar-refractivity contribution in [2.75, 3.05) is 33.2 Å². The fraction of sp³-hybridized carbons (Fsp3) is 0.529. The van der Waals surface area contributed by atoms with Crippen LogP contribution in [0.4, 0.5) is 0 Å². The minimum Gasteiger partial charge on any atom is -0.374 e. The Hall–Kier alpha value is -2.08. The van der Waals surface area contributed by atoms with Crippen molar-refractivity contribution in [3.8, 4) is 0 Å². The van der Waals surface area contributed by atoms with Crippen molar-refractivity contribution in [3.05, 3.63) is 36.2 Å². The summed E-state index contributed by atoms with van der Waals surface area (Å²) in [5, 5.41) is 5.50. The maximum Gasteiger partial charge on any atom is 0.249 e. The van der Waals surface area contributed by atoms with Crippen LogP contribution in [0, 0.1) is 0 Å². The number of hydrogen-bond donors (Lipinski definition) is 2. The number of nitrogens with zero attached hydrogens (tertiary/aromatic N) is 2. The number of amides is 2. The SMILES string of the molecule is C=C/C(=C\C=C(/C)N1CCN(C)CC1)NC1CCC(=O)NC1=O. The first-order chi connectivity index (χ1) is 11.0. The number of carbonyl (C=O) groups is 2. The van der Waals surface area contributed by atoms with Crippen LogP contribution in [0.15, 0.2) is 36.2 Å². The first-order valence-electron chi connectivity index (χ1n) is 8.04. The fourth-order valence-corrected chi connectivity index (χ4v) is 2.68. The van der Waals surface area contributed by atoms with Gasteiger partial charge in [-0.05, 0) is 38.6 Å². The number of carbonyl (C=O) groups excluding carboxylic acids is 2. The molecule has 2 aliphatic heterocycles. The van der Waals surface area contributed by atoms with Gasteiger partial charge in [-0.1, -0.05) is 6.58 Å². The van der Waals surface area contributed by atoms with E-state index in [9.17, 15) is 9.59 Å². The van der Waals surface area contributed by atoms with E-state index in [0.717, 1.165) is 31.9 Å². The van der Waals surface area contributed by atoms with Gasteiger partial charge in [-0.25, -0.2) is 0 Å². The molecule has 0 aromatic carbocycles. The largest absolute Gasteiger partial charge is 0.374 e. The Bertz CT molecular complexity index is 531. The van der Waals surface area contributed by atoms with Crippen LogP contribution in [0.3, 0.4) is 0 Å². The quantitative estimate of drug-likeness (QED) is 0.574. The Kier molecular flexibility index (Phi) is 5.98. The molecule has 2 N–H and O–H groups in total. The van der Waals surface area contributed by atoms with Crippen molar-refractivity contribution >= 4 is 11.8 Å². The predicted molar refractivity (Wildman–Crippen MR) is 90.4 cm³/mol. The molecular formula is C17H26N4O2. The van der Waals surface area contributed by atoms with E-state index in [1.165, 1.54) is 5.70 Å². The van der Waals surface area contributed by atoms with Crippen molar-refractivity contribution in [2.45, 2.75) is 25.8 Å². The smallest absolute Gasteiger partial charge is 0.249 e. The van der Waals surface area contributed by atoms with E-state index in [1.807, 2.05) is 12.2 Å². The Morgan fingerprint density at radius 3 is 2.57 bits per heavy atom. The van der Waals surface area contributed by atoms with Crippen LogP contribution in [0.2, 0.25) is 0 Å². The van der Waals surface area contributed by atoms with Crippen LogP contribution >= 0.6 is 0 Å². The van der Waals surface area contributed by atoms with Crippen molar-refractivity contribution < 1.29 is 9.59 Å². The molecule has 0 bridgehead atoms. The second kappa shape index (κ2) is 7.97. The normalized spacial score (nSPS) is 24.4. The van der Waals surface area contributed by atoms with Gasteiger partial charge in [0.1, 0.15) is 6.04 Å². The van der Waals surface area contributed by atoms with Gasteiger partial charge in [0, 0.05) is 44.0 Å². The minimum atomic E-state index is -0.380. The van der Waals surface area contributed by atoms with Crippen molar-refractivity contribution in [3.63, 3.8) is 0 Å². The summed E-state index contributed by atoms with van der Waals surface area (Å²) >= 11 is 0.